The monoisotopic (exact) mass is 177 g/mol. The summed E-state index contributed by atoms with van der Waals surface area (Å²) in [5.74, 6) is -1.88. The van der Waals surface area contributed by atoms with Gasteiger partial charge < -0.3 is 15.1 Å². The molecule has 0 aliphatic rings. The number of carboxylic acid groups (broad SMARTS) is 1. The van der Waals surface area contributed by atoms with Crippen LogP contribution in [0.5, 0.6) is 0 Å². The Morgan fingerprint density at radius 1 is 1.58 bits per heavy atom. The Bertz CT molecular complexity index is 181. The number of likely N-dealkylation sites (N-methyl/N-ethyl adjacent to an activating group) is 1. The minimum atomic E-state index is -1.25. The molecule has 0 aromatic heterocycles. The molecule has 70 valence electrons. The van der Waals surface area contributed by atoms with Gasteiger partial charge in [-0.3, -0.25) is 9.59 Å². The largest absolute Gasteiger partial charge is 0.480 e. The van der Waals surface area contributed by atoms with Gasteiger partial charge in [0, 0.05) is 14.0 Å². The number of nitrogens with zero attached hydrogens (tertiary/aromatic N) is 1. The van der Waals surface area contributed by atoms with E-state index >= 15 is 0 Å². The molecule has 0 bridgehead atoms. The number of aliphatic carboxylic acids is 1. The van der Waals surface area contributed by atoms with Gasteiger partial charge in [0.25, 0.3) is 0 Å². The minimum Gasteiger partial charge on any atom is -0.480 e. The third-order valence-corrected chi connectivity index (χ3v) is 1.17. The molecule has 0 aromatic rings. The molecule has 6 nitrogen and oxygen atoms in total. The lowest BCUT2D eigenvalue weighted by Crippen LogP contribution is -2.42. The van der Waals surface area contributed by atoms with Crippen LogP contribution < -0.4 is 0 Å². The van der Waals surface area contributed by atoms with Crippen molar-refractivity contribution >= 4 is 11.9 Å². The maximum atomic E-state index is 10.4. The van der Waals surface area contributed by atoms with Crippen LogP contribution in [-0.4, -0.2) is 46.9 Å². The molecule has 1 unspecified atom stereocenters. The molecule has 12 heavy (non-hydrogen) atoms. The summed E-state index contributed by atoms with van der Waals surface area (Å²) in [5, 5.41) is 17.8. The molecule has 0 radical (unpaired) electrons. The van der Waals surface area contributed by atoms with Gasteiger partial charge in [0.15, 0.2) is 6.04 Å². The van der Waals surface area contributed by atoms with E-state index in [-0.39, 0.29) is 0 Å². The fourth-order valence-electron chi connectivity index (χ4n) is 0.615. The predicted octanol–water partition coefficient (Wildman–Crippen LogP) is -1.16. The number of hydroxylamine groups is 2. The van der Waals surface area contributed by atoms with E-state index in [1.54, 1.807) is 0 Å². The average Bonchev–Trinajstić information content (AvgIpc) is 1.85. The summed E-state index contributed by atoms with van der Waals surface area (Å²) in [6.45, 7) is 0.534. The standard InChI is InChI=1S/C6H11NO5/c1-4(9)12-7(2)5(3-8)6(10)11/h5,8H,3H2,1-2H3,(H,10,11). The first-order valence-electron chi connectivity index (χ1n) is 3.24. The molecule has 0 fully saturated rings. The lowest BCUT2D eigenvalue weighted by atomic mass is 10.3. The fraction of sp³-hybridized carbons (Fsp3) is 0.667. The Hall–Kier alpha value is -1.14. The molecule has 0 saturated heterocycles. The van der Waals surface area contributed by atoms with Crippen molar-refractivity contribution in [3.8, 4) is 0 Å². The van der Waals surface area contributed by atoms with Crippen LogP contribution in [0.1, 0.15) is 6.92 Å². The second kappa shape index (κ2) is 4.68. The van der Waals surface area contributed by atoms with Crippen molar-refractivity contribution in [2.24, 2.45) is 0 Å². The first-order chi connectivity index (χ1) is 5.49. The summed E-state index contributed by atoms with van der Waals surface area (Å²) in [5.41, 5.74) is 0. The molecule has 0 rings (SSSR count). The number of carboxylic acids is 1. The molecule has 2 N–H and O–H groups in total. The molecular formula is C6H11NO5. The van der Waals surface area contributed by atoms with Crippen LogP contribution in [0.25, 0.3) is 0 Å². The van der Waals surface area contributed by atoms with Crippen LogP contribution in [0.3, 0.4) is 0 Å². The Kier molecular flexibility index (Phi) is 4.24. The molecule has 0 heterocycles. The van der Waals surface area contributed by atoms with Gasteiger partial charge in [0.1, 0.15) is 0 Å². The van der Waals surface area contributed by atoms with E-state index in [2.05, 4.69) is 4.84 Å². The van der Waals surface area contributed by atoms with Gasteiger partial charge in [-0.1, -0.05) is 0 Å². The summed E-state index contributed by atoms with van der Waals surface area (Å²) in [6, 6.07) is -1.21. The zero-order valence-corrected chi connectivity index (χ0v) is 6.85. The van der Waals surface area contributed by atoms with Gasteiger partial charge in [-0.25, -0.2) is 0 Å². The van der Waals surface area contributed by atoms with Crippen LogP contribution >= 0.6 is 0 Å². The normalized spacial score (nSPS) is 12.7. The van der Waals surface area contributed by atoms with Gasteiger partial charge in [0.05, 0.1) is 6.61 Å². The second-order valence-electron chi connectivity index (χ2n) is 2.17. The highest BCUT2D eigenvalue weighted by atomic mass is 16.7. The van der Waals surface area contributed by atoms with Crippen LogP contribution in [-0.2, 0) is 14.4 Å². The van der Waals surface area contributed by atoms with Crippen LogP contribution in [0.4, 0.5) is 0 Å². The predicted molar refractivity (Wildman–Crippen MR) is 38.0 cm³/mol. The van der Waals surface area contributed by atoms with Gasteiger partial charge in [-0.2, -0.15) is 0 Å². The van der Waals surface area contributed by atoms with Crippen molar-refractivity contribution in [1.29, 1.82) is 0 Å². The topological polar surface area (TPSA) is 87.1 Å². The summed E-state index contributed by atoms with van der Waals surface area (Å²) < 4.78 is 0. The highest BCUT2D eigenvalue weighted by Gasteiger charge is 2.23. The van der Waals surface area contributed by atoms with Gasteiger partial charge in [0.2, 0.25) is 0 Å². The summed E-state index contributed by atoms with van der Waals surface area (Å²) in [7, 11) is 1.26. The molecule has 0 aliphatic heterocycles. The third kappa shape index (κ3) is 3.31. The summed E-state index contributed by atoms with van der Waals surface area (Å²) >= 11 is 0. The first kappa shape index (κ1) is 10.9. The maximum Gasteiger partial charge on any atom is 0.326 e. The van der Waals surface area contributed by atoms with Crippen molar-refractivity contribution in [2.75, 3.05) is 13.7 Å². The zero-order valence-electron chi connectivity index (χ0n) is 6.85. The van der Waals surface area contributed by atoms with Gasteiger partial charge in [-0.15, -0.1) is 5.06 Å². The number of aliphatic hydroxyl groups is 1. The Morgan fingerprint density at radius 2 is 2.08 bits per heavy atom. The van der Waals surface area contributed by atoms with Crippen LogP contribution in [0.2, 0.25) is 0 Å². The molecule has 0 spiro atoms. The Morgan fingerprint density at radius 3 is 2.33 bits per heavy atom. The number of carbonyl (C=O) groups excluding carboxylic acids is 1. The van der Waals surface area contributed by atoms with Crippen molar-refractivity contribution in [3.05, 3.63) is 0 Å². The van der Waals surface area contributed by atoms with Crippen LogP contribution in [0.15, 0.2) is 0 Å². The van der Waals surface area contributed by atoms with E-state index in [9.17, 15) is 9.59 Å². The number of carbonyl (C=O) groups is 2. The molecular weight excluding hydrogens is 166 g/mol. The van der Waals surface area contributed by atoms with E-state index < -0.39 is 24.6 Å². The Balaban J connectivity index is 4.11. The van der Waals surface area contributed by atoms with Crippen molar-refractivity contribution in [1.82, 2.24) is 5.06 Å². The highest BCUT2D eigenvalue weighted by Crippen LogP contribution is 1.96. The van der Waals surface area contributed by atoms with E-state index in [0.29, 0.717) is 0 Å². The SMILES string of the molecule is CC(=O)ON(C)C(CO)C(=O)O. The minimum absolute atomic E-state index is 0.612. The maximum absolute atomic E-state index is 10.4. The van der Waals surface area contributed by atoms with E-state index in [0.717, 1.165) is 12.0 Å². The molecule has 0 saturated carbocycles. The second-order valence-corrected chi connectivity index (χ2v) is 2.17. The summed E-state index contributed by atoms with van der Waals surface area (Å²) in [6.07, 6.45) is 0. The van der Waals surface area contributed by atoms with E-state index in [4.69, 9.17) is 10.2 Å². The van der Waals surface area contributed by atoms with Gasteiger partial charge in [-0.05, 0) is 0 Å². The average molecular weight is 177 g/mol. The van der Waals surface area contributed by atoms with Crippen molar-refractivity contribution < 1.29 is 24.6 Å². The van der Waals surface area contributed by atoms with Crippen molar-refractivity contribution in [2.45, 2.75) is 13.0 Å². The van der Waals surface area contributed by atoms with E-state index in [1.807, 2.05) is 0 Å². The smallest absolute Gasteiger partial charge is 0.326 e. The molecule has 6 heteroatoms. The van der Waals surface area contributed by atoms with Crippen molar-refractivity contribution in [3.63, 3.8) is 0 Å². The number of hydrogen-bond acceptors (Lipinski definition) is 5. The molecule has 0 amide bonds. The molecule has 1 atom stereocenters. The molecule has 0 aromatic carbocycles. The first-order valence-corrected chi connectivity index (χ1v) is 3.24. The van der Waals surface area contributed by atoms with Gasteiger partial charge >= 0.3 is 11.9 Å². The highest BCUT2D eigenvalue weighted by molar-refractivity contribution is 5.74. The lowest BCUT2D eigenvalue weighted by Gasteiger charge is -2.20. The number of hydrogen-bond donors (Lipinski definition) is 2. The molecule has 0 aliphatic carbocycles. The number of rotatable bonds is 4. The fourth-order valence-corrected chi connectivity index (χ4v) is 0.615. The quantitative estimate of drug-likeness (QED) is 0.527. The summed E-state index contributed by atoms with van der Waals surface area (Å²) in [4.78, 5) is 25.1. The lowest BCUT2D eigenvalue weighted by molar-refractivity contribution is -0.199. The van der Waals surface area contributed by atoms with E-state index in [1.165, 1.54) is 7.05 Å². The Labute approximate surface area is 69.3 Å². The third-order valence-electron chi connectivity index (χ3n) is 1.17. The number of aliphatic hydroxyl groups excluding tert-OH is 1. The zero-order chi connectivity index (χ0) is 9.72. The van der Waals surface area contributed by atoms with Crippen LogP contribution in [0, 0.1) is 0 Å².